The van der Waals surface area contributed by atoms with Gasteiger partial charge >= 0.3 is 0 Å². The van der Waals surface area contributed by atoms with Crippen LogP contribution in [0.3, 0.4) is 0 Å². The highest BCUT2D eigenvalue weighted by Crippen LogP contribution is 2.27. The zero-order chi connectivity index (χ0) is 29.4. The van der Waals surface area contributed by atoms with Crippen molar-refractivity contribution in [3.8, 4) is 11.5 Å². The predicted molar refractivity (Wildman–Crippen MR) is 134 cm³/mol. The monoisotopic (exact) mass is 572 g/mol. The molecular weight excluding hydrogens is 536 g/mol. The summed E-state index contributed by atoms with van der Waals surface area (Å²) >= 11 is 0. The minimum Gasteiger partial charge on any atom is -0.462 e. The van der Waals surface area contributed by atoms with Crippen molar-refractivity contribution >= 4 is 0 Å². The standard InChI is InChI=1S/2C13H18O7/c2*14-5-7-3-1-2-4-8(7)19-13-12(18)11(17)10(16)9(6-15)20-13/h2*1-4,9-18H,5-6H2/t2*9-,10-,11+,12-,13-/m11/s1. The van der Waals surface area contributed by atoms with Crippen molar-refractivity contribution in [1.82, 2.24) is 0 Å². The first-order valence-electron chi connectivity index (χ1n) is 12.5. The number of rotatable bonds is 8. The van der Waals surface area contributed by atoms with Crippen LogP contribution < -0.4 is 9.47 Å². The molecule has 2 aliphatic heterocycles. The van der Waals surface area contributed by atoms with Crippen LogP contribution in [-0.2, 0) is 22.7 Å². The highest BCUT2D eigenvalue weighted by atomic mass is 16.7. The van der Waals surface area contributed by atoms with Crippen LogP contribution in [0, 0.1) is 0 Å². The van der Waals surface area contributed by atoms with Gasteiger partial charge in [0.15, 0.2) is 0 Å². The van der Waals surface area contributed by atoms with Crippen LogP contribution in [-0.4, -0.2) is 126 Å². The Balaban J connectivity index is 0.000000220. The Kier molecular flexibility index (Phi) is 12.0. The Bertz CT molecular complexity index is 954. The number of hydrogen-bond donors (Lipinski definition) is 10. The molecule has 4 rings (SSSR count). The lowest BCUT2D eigenvalue weighted by molar-refractivity contribution is -0.277. The summed E-state index contributed by atoms with van der Waals surface area (Å²) in [5, 5.41) is 94.8. The van der Waals surface area contributed by atoms with Gasteiger partial charge in [0.05, 0.1) is 26.4 Å². The number of benzene rings is 2. The smallest absolute Gasteiger partial charge is 0.229 e. The lowest BCUT2D eigenvalue weighted by atomic mass is 9.99. The van der Waals surface area contributed by atoms with Crippen molar-refractivity contribution in [2.45, 2.75) is 74.6 Å². The lowest BCUT2D eigenvalue weighted by Gasteiger charge is -2.39. The molecule has 0 amide bonds. The van der Waals surface area contributed by atoms with Crippen molar-refractivity contribution in [2.24, 2.45) is 0 Å². The van der Waals surface area contributed by atoms with Crippen LogP contribution in [0.5, 0.6) is 11.5 Å². The van der Waals surface area contributed by atoms with E-state index in [2.05, 4.69) is 0 Å². The first-order chi connectivity index (χ1) is 19.2. The molecule has 224 valence electrons. The van der Waals surface area contributed by atoms with Crippen LogP contribution in [0.1, 0.15) is 11.1 Å². The zero-order valence-electron chi connectivity index (χ0n) is 21.3. The SMILES string of the molecule is OCc1ccccc1O[C@@H]1O[C@H](CO)[C@@H](O)[C@H](O)[C@H]1O.OCc1ccccc1O[C@@H]1O[C@H](CO)[C@@H](O)[C@H](O)[C@H]1O. The van der Waals surface area contributed by atoms with Gasteiger partial charge in [-0.1, -0.05) is 36.4 Å². The van der Waals surface area contributed by atoms with Crippen LogP contribution in [0.15, 0.2) is 48.5 Å². The summed E-state index contributed by atoms with van der Waals surface area (Å²) in [5.41, 5.74) is 0.980. The van der Waals surface area contributed by atoms with Gasteiger partial charge in [-0.3, -0.25) is 0 Å². The van der Waals surface area contributed by atoms with Gasteiger partial charge < -0.3 is 70.0 Å². The minimum atomic E-state index is -1.49. The Hall–Kier alpha value is -2.44. The molecule has 14 heteroatoms. The molecule has 0 unspecified atom stereocenters. The second-order valence-corrected chi connectivity index (χ2v) is 9.16. The van der Waals surface area contributed by atoms with E-state index < -0.39 is 74.6 Å². The molecule has 2 heterocycles. The topological polar surface area (TPSA) is 239 Å². The normalized spacial score (nSPS) is 34.0. The van der Waals surface area contributed by atoms with Gasteiger partial charge in [-0.2, -0.15) is 0 Å². The van der Waals surface area contributed by atoms with Gasteiger partial charge in [0.2, 0.25) is 12.6 Å². The molecule has 0 radical (unpaired) electrons. The largest absolute Gasteiger partial charge is 0.462 e. The number of ether oxygens (including phenoxy) is 4. The molecule has 2 aromatic rings. The summed E-state index contributed by atoms with van der Waals surface area (Å²) in [6.45, 7) is -1.56. The molecular formula is C26H36O14. The number of aliphatic hydroxyl groups is 10. The number of aliphatic hydroxyl groups excluding tert-OH is 10. The number of hydrogen-bond acceptors (Lipinski definition) is 14. The van der Waals surface area contributed by atoms with Crippen molar-refractivity contribution in [1.29, 1.82) is 0 Å². The molecule has 2 aromatic carbocycles. The van der Waals surface area contributed by atoms with Crippen LogP contribution in [0.2, 0.25) is 0 Å². The van der Waals surface area contributed by atoms with Gasteiger partial charge in [0.1, 0.15) is 60.3 Å². The molecule has 0 bridgehead atoms. The third kappa shape index (κ3) is 7.44. The van der Waals surface area contributed by atoms with Gasteiger partial charge in [-0.25, -0.2) is 0 Å². The van der Waals surface area contributed by atoms with Crippen LogP contribution >= 0.6 is 0 Å². The van der Waals surface area contributed by atoms with Crippen molar-refractivity contribution < 1.29 is 70.0 Å². The maximum atomic E-state index is 9.84. The molecule has 2 aliphatic rings. The highest BCUT2D eigenvalue weighted by molar-refractivity contribution is 5.33. The summed E-state index contributed by atoms with van der Waals surface area (Å²) in [4.78, 5) is 0. The fraction of sp³-hybridized carbons (Fsp3) is 0.538. The molecule has 0 saturated carbocycles. The van der Waals surface area contributed by atoms with Gasteiger partial charge in [0, 0.05) is 11.1 Å². The van der Waals surface area contributed by atoms with Gasteiger partial charge in [0.25, 0.3) is 0 Å². The second kappa shape index (κ2) is 15.0. The quantitative estimate of drug-likeness (QED) is 0.149. The van der Waals surface area contributed by atoms with E-state index in [1.165, 1.54) is 0 Å². The Morgan fingerprint density at radius 2 is 0.850 bits per heavy atom. The summed E-state index contributed by atoms with van der Waals surface area (Å²) in [6, 6.07) is 13.2. The third-order valence-electron chi connectivity index (χ3n) is 6.47. The average Bonchev–Trinajstić information content (AvgIpc) is 2.98. The highest BCUT2D eigenvalue weighted by Gasteiger charge is 2.46. The van der Waals surface area contributed by atoms with Crippen molar-refractivity contribution in [3.05, 3.63) is 59.7 Å². The third-order valence-corrected chi connectivity index (χ3v) is 6.47. The van der Waals surface area contributed by atoms with Gasteiger partial charge in [-0.15, -0.1) is 0 Å². The van der Waals surface area contributed by atoms with E-state index in [9.17, 15) is 40.9 Å². The predicted octanol–water partition coefficient (Wildman–Crippen LogP) is -3.28. The van der Waals surface area contributed by atoms with E-state index in [0.29, 0.717) is 22.6 Å². The molecule has 2 saturated heterocycles. The Labute approximate surface area is 229 Å². The first-order valence-corrected chi connectivity index (χ1v) is 12.5. The maximum absolute atomic E-state index is 9.84. The fourth-order valence-electron chi connectivity index (χ4n) is 4.08. The average molecular weight is 573 g/mol. The minimum absolute atomic E-state index is 0.256. The fourth-order valence-corrected chi connectivity index (χ4v) is 4.08. The second-order valence-electron chi connectivity index (χ2n) is 9.16. The van der Waals surface area contributed by atoms with Crippen LogP contribution in [0.25, 0.3) is 0 Å². The van der Waals surface area contributed by atoms with Crippen molar-refractivity contribution in [3.63, 3.8) is 0 Å². The zero-order valence-corrected chi connectivity index (χ0v) is 21.3. The molecule has 10 N–H and O–H groups in total. The summed E-state index contributed by atoms with van der Waals surface area (Å²) in [6.07, 6.45) is -13.3. The summed E-state index contributed by atoms with van der Waals surface area (Å²) in [5.74, 6) is 0.582. The molecule has 0 aromatic heterocycles. The summed E-state index contributed by atoms with van der Waals surface area (Å²) < 4.78 is 21.3. The van der Waals surface area contributed by atoms with Gasteiger partial charge in [-0.05, 0) is 12.1 Å². The molecule has 0 aliphatic carbocycles. The van der Waals surface area contributed by atoms with E-state index in [0.717, 1.165) is 0 Å². The molecule has 2 fully saturated rings. The molecule has 0 spiro atoms. The molecule has 10 atom stereocenters. The van der Waals surface area contributed by atoms with E-state index in [-0.39, 0.29) is 13.2 Å². The van der Waals surface area contributed by atoms with E-state index in [1.807, 2.05) is 0 Å². The number of para-hydroxylation sites is 2. The Morgan fingerprint density at radius 3 is 1.18 bits per heavy atom. The van der Waals surface area contributed by atoms with E-state index in [4.69, 9.17) is 29.2 Å². The lowest BCUT2D eigenvalue weighted by Crippen LogP contribution is -2.60. The maximum Gasteiger partial charge on any atom is 0.229 e. The van der Waals surface area contributed by atoms with E-state index >= 15 is 0 Å². The van der Waals surface area contributed by atoms with E-state index in [1.54, 1.807) is 48.5 Å². The summed E-state index contributed by atoms with van der Waals surface area (Å²) in [7, 11) is 0. The first kappa shape index (κ1) is 32.1. The van der Waals surface area contributed by atoms with Crippen molar-refractivity contribution in [2.75, 3.05) is 13.2 Å². The molecule has 40 heavy (non-hydrogen) atoms. The molecule has 14 nitrogen and oxygen atoms in total. The Morgan fingerprint density at radius 1 is 0.500 bits per heavy atom. The van der Waals surface area contributed by atoms with Crippen LogP contribution in [0.4, 0.5) is 0 Å².